The molecule has 9 heteroatoms. The number of aromatic nitrogens is 1. The quantitative estimate of drug-likeness (QED) is 0.318. The Hall–Kier alpha value is -0.918. The molecule has 0 aliphatic carbocycles. The number of methoxy groups -OCH3 is 1. The average molecular weight is 591 g/mol. The molecule has 0 spiro atoms. The second kappa shape index (κ2) is 11.8. The molecule has 0 fully saturated rings. The largest absolute Gasteiger partial charge is 2.00 e. The van der Waals surface area contributed by atoms with E-state index in [0.717, 1.165) is 56.0 Å². The van der Waals surface area contributed by atoms with Crippen molar-refractivity contribution in [1.29, 1.82) is 0 Å². The van der Waals surface area contributed by atoms with E-state index in [4.69, 9.17) is 35.0 Å². The van der Waals surface area contributed by atoms with E-state index in [2.05, 4.69) is 10.6 Å². The van der Waals surface area contributed by atoms with Crippen molar-refractivity contribution in [3.05, 3.63) is 41.7 Å². The van der Waals surface area contributed by atoms with E-state index in [1.54, 1.807) is 18.4 Å². The minimum Gasteiger partial charge on any atom is -2.00 e. The van der Waals surface area contributed by atoms with Gasteiger partial charge in [0.2, 0.25) is 0 Å². The molecule has 27 heavy (non-hydrogen) atoms. The van der Waals surface area contributed by atoms with Gasteiger partial charge < -0.3 is 46.1 Å². The van der Waals surface area contributed by atoms with Gasteiger partial charge in [0.25, 0.3) is 0 Å². The van der Waals surface area contributed by atoms with Crippen molar-refractivity contribution in [3.8, 4) is 16.3 Å². The van der Waals surface area contributed by atoms with Crippen LogP contribution in [0.15, 0.2) is 41.3 Å². The van der Waals surface area contributed by atoms with E-state index in [1.807, 2.05) is 36.4 Å². The SMILES string of the molecule is COc1ccc2nc(-c3ccc([N-]CCNCC[S-])c([S-])c3)sc2c1.[O-2].[Re]. The van der Waals surface area contributed by atoms with Crippen LogP contribution in [0, 0.1) is 0 Å². The summed E-state index contributed by atoms with van der Waals surface area (Å²) in [6.45, 7) is 2.35. The first-order valence-electron chi connectivity index (χ1n) is 7.93. The summed E-state index contributed by atoms with van der Waals surface area (Å²) in [6.07, 6.45) is 0. The molecule has 5 nitrogen and oxygen atoms in total. The third kappa shape index (κ3) is 6.29. The van der Waals surface area contributed by atoms with Crippen molar-refractivity contribution >= 4 is 52.5 Å². The zero-order valence-electron chi connectivity index (χ0n) is 14.6. The third-order valence-corrected chi connectivity index (χ3v) is 5.25. The predicted molar refractivity (Wildman–Crippen MR) is 111 cm³/mol. The first kappa shape index (κ1) is 24.1. The smallest absolute Gasteiger partial charge is 0.124 e. The summed E-state index contributed by atoms with van der Waals surface area (Å²) in [5, 5.41) is 8.73. The number of nitrogens with zero attached hydrogens (tertiary/aromatic N) is 2. The van der Waals surface area contributed by atoms with Gasteiger partial charge in [0.15, 0.2) is 0 Å². The van der Waals surface area contributed by atoms with Crippen LogP contribution >= 0.6 is 11.3 Å². The van der Waals surface area contributed by atoms with Gasteiger partial charge >= 0.3 is 0 Å². The van der Waals surface area contributed by atoms with Gasteiger partial charge in [-0.15, -0.1) is 17.9 Å². The molecular formula is C18H18N3O2ReS3-5. The second-order valence-electron chi connectivity index (χ2n) is 5.37. The van der Waals surface area contributed by atoms with E-state index in [9.17, 15) is 0 Å². The Labute approximate surface area is 188 Å². The number of hydrogen-bond donors (Lipinski definition) is 1. The first-order chi connectivity index (χ1) is 12.2. The van der Waals surface area contributed by atoms with Crippen LogP contribution < -0.4 is 10.1 Å². The summed E-state index contributed by atoms with van der Waals surface area (Å²) in [6, 6.07) is 11.9. The molecule has 0 aliphatic rings. The maximum Gasteiger partial charge on any atom is 0.124 e. The number of nitrogens with one attached hydrogen (secondary N) is 1. The van der Waals surface area contributed by atoms with Gasteiger partial charge in [0.1, 0.15) is 10.8 Å². The molecule has 0 saturated carbocycles. The van der Waals surface area contributed by atoms with Gasteiger partial charge in [-0.25, -0.2) is 4.98 Å². The van der Waals surface area contributed by atoms with Crippen LogP contribution in [0.1, 0.15) is 0 Å². The first-order valence-corrected chi connectivity index (χ1v) is 9.74. The van der Waals surface area contributed by atoms with Crippen LogP contribution in [-0.4, -0.2) is 37.5 Å². The van der Waals surface area contributed by atoms with Gasteiger partial charge in [0, 0.05) is 26.0 Å². The van der Waals surface area contributed by atoms with Crippen molar-refractivity contribution < 1.29 is 30.6 Å². The Morgan fingerprint density at radius 1 is 1.19 bits per heavy atom. The van der Waals surface area contributed by atoms with E-state index in [0.29, 0.717) is 6.54 Å². The molecule has 1 aromatic heterocycles. The van der Waals surface area contributed by atoms with Crippen molar-refractivity contribution in [1.82, 2.24) is 10.3 Å². The fourth-order valence-corrected chi connectivity index (χ4v) is 3.78. The number of thiazole rings is 1. The van der Waals surface area contributed by atoms with Crippen molar-refractivity contribution in [2.24, 2.45) is 0 Å². The molecular weight excluding hydrogens is 573 g/mol. The van der Waals surface area contributed by atoms with Crippen molar-refractivity contribution in [3.63, 3.8) is 0 Å². The zero-order chi connectivity index (χ0) is 17.6. The van der Waals surface area contributed by atoms with E-state index in [-0.39, 0.29) is 25.9 Å². The number of ether oxygens (including phenoxy) is 1. The summed E-state index contributed by atoms with van der Waals surface area (Å²) in [5.74, 6) is 1.56. The van der Waals surface area contributed by atoms with Crippen molar-refractivity contribution in [2.45, 2.75) is 4.90 Å². The minimum atomic E-state index is 0. The molecule has 0 unspecified atom stereocenters. The summed E-state index contributed by atoms with van der Waals surface area (Å²) in [5.41, 5.74) is 2.84. The molecule has 3 aromatic rings. The zero-order valence-corrected chi connectivity index (χ0v) is 19.8. The third-order valence-electron chi connectivity index (χ3n) is 3.65. The van der Waals surface area contributed by atoms with Crippen LogP contribution in [0.2, 0.25) is 0 Å². The summed E-state index contributed by atoms with van der Waals surface area (Å²) >= 11 is 12.0. The topological polar surface area (TPSA) is 76.8 Å². The number of rotatable bonds is 8. The number of hydrogen-bond acceptors (Lipinski definition) is 6. The van der Waals surface area contributed by atoms with Gasteiger partial charge in [-0.3, -0.25) is 0 Å². The molecule has 1 heterocycles. The van der Waals surface area contributed by atoms with Gasteiger partial charge in [-0.05, 0) is 31.3 Å². The summed E-state index contributed by atoms with van der Waals surface area (Å²) in [7, 11) is 1.67. The average Bonchev–Trinajstić information content (AvgIpc) is 3.05. The van der Waals surface area contributed by atoms with Gasteiger partial charge in [-0.1, -0.05) is 18.2 Å². The minimum absolute atomic E-state index is 0. The summed E-state index contributed by atoms with van der Waals surface area (Å²) < 4.78 is 6.37. The Morgan fingerprint density at radius 2 is 2.00 bits per heavy atom. The second-order valence-corrected chi connectivity index (χ2v) is 7.25. The van der Waals surface area contributed by atoms with Crippen molar-refractivity contribution in [2.75, 3.05) is 32.5 Å². The van der Waals surface area contributed by atoms with Gasteiger partial charge in [-0.2, -0.15) is 16.3 Å². The molecule has 1 radical (unpaired) electrons. The molecule has 0 saturated heterocycles. The number of benzene rings is 2. The molecule has 147 valence electrons. The van der Waals surface area contributed by atoms with Crippen LogP contribution in [0.5, 0.6) is 5.75 Å². The van der Waals surface area contributed by atoms with E-state index in [1.165, 1.54) is 0 Å². The van der Waals surface area contributed by atoms with Crippen LogP contribution in [-0.2, 0) is 51.2 Å². The molecule has 3 rings (SSSR count). The Bertz CT molecular complexity index is 861. The van der Waals surface area contributed by atoms with E-state index < -0.39 is 0 Å². The maximum absolute atomic E-state index is 5.49. The molecule has 0 bridgehead atoms. The van der Waals surface area contributed by atoms with E-state index >= 15 is 0 Å². The fourth-order valence-electron chi connectivity index (χ4n) is 2.39. The summed E-state index contributed by atoms with van der Waals surface area (Å²) in [4.78, 5) is 5.44. The Morgan fingerprint density at radius 3 is 2.70 bits per heavy atom. The van der Waals surface area contributed by atoms with Crippen LogP contribution in [0.4, 0.5) is 5.69 Å². The van der Waals surface area contributed by atoms with Crippen LogP contribution in [0.25, 0.3) is 26.1 Å². The standard InChI is InChI=1S/C18H20N3OS3.O.Re/c1-22-13-3-5-15-17(11-13)25-18(21-15)12-2-4-14(16(24)10-12)20-7-6-19-8-9-23;;/h2-5,10-11,19H,6-9H2,1H3,(H2-,20,21,23,24);;/q-1;-2;/p-2. The number of fused-ring (bicyclic) bond motifs is 1. The molecule has 0 atom stereocenters. The molecule has 1 N–H and O–H groups in total. The molecule has 0 aliphatic heterocycles. The molecule has 0 amide bonds. The normalized spacial score (nSPS) is 10.1. The fraction of sp³-hybridized carbons (Fsp3) is 0.278. The Balaban J connectivity index is 0.00000182. The Kier molecular flexibility index (Phi) is 10.6. The monoisotopic (exact) mass is 591 g/mol. The maximum atomic E-state index is 5.49. The predicted octanol–water partition coefficient (Wildman–Crippen LogP) is 3.90. The molecule has 2 aromatic carbocycles. The van der Waals surface area contributed by atoms with Crippen LogP contribution in [0.3, 0.4) is 0 Å². The van der Waals surface area contributed by atoms with Gasteiger partial charge in [0.05, 0.1) is 17.3 Å².